The van der Waals surface area contributed by atoms with Crippen LogP contribution in [-0.2, 0) is 17.6 Å². The number of aromatic nitrogens is 2. The average molecular weight is 221 g/mol. The highest BCUT2D eigenvalue weighted by Crippen LogP contribution is 2.26. The predicted molar refractivity (Wildman–Crippen MR) is 61.4 cm³/mol. The molecule has 2 aliphatic rings. The van der Waals surface area contributed by atoms with Crippen LogP contribution >= 0.6 is 0 Å². The first-order chi connectivity index (χ1) is 7.83. The van der Waals surface area contributed by atoms with Crippen molar-refractivity contribution in [1.82, 2.24) is 9.97 Å². The molecule has 0 saturated carbocycles. The lowest BCUT2D eigenvalue weighted by atomic mass is 9.97. The number of aryl methyl sites for hydroxylation is 1. The van der Waals surface area contributed by atoms with E-state index in [1.54, 1.807) is 0 Å². The second-order valence-corrected chi connectivity index (χ2v) is 4.96. The molecule has 1 aliphatic heterocycles. The lowest BCUT2D eigenvalue weighted by molar-refractivity contribution is 0.0782. The Kier molecular flexibility index (Phi) is 2.69. The third-order valence-electron chi connectivity index (χ3n) is 3.65. The van der Waals surface area contributed by atoms with E-state index in [1.807, 2.05) is 0 Å². The number of hydrogen-bond acceptors (Lipinski definition) is 3. The third-order valence-corrected chi connectivity index (χ3v) is 3.65. The molecule has 0 bridgehead atoms. The van der Waals surface area contributed by atoms with Crippen molar-refractivity contribution in [3.8, 4) is 0 Å². The molecule has 1 aromatic rings. The van der Waals surface area contributed by atoms with Gasteiger partial charge in [-0.25, -0.2) is 4.98 Å². The largest absolute Gasteiger partial charge is 0.381 e. The lowest BCUT2D eigenvalue weighted by Crippen LogP contribution is -2.27. The topological polar surface area (TPSA) is 63.9 Å². The Morgan fingerprint density at radius 3 is 3.12 bits per heavy atom. The van der Waals surface area contributed by atoms with Gasteiger partial charge in [0.25, 0.3) is 0 Å². The van der Waals surface area contributed by atoms with Gasteiger partial charge in [-0.15, -0.1) is 0 Å². The Balaban J connectivity index is 1.80. The summed E-state index contributed by atoms with van der Waals surface area (Å²) in [6, 6.07) is 0.309. The summed E-state index contributed by atoms with van der Waals surface area (Å²) >= 11 is 0. The maximum absolute atomic E-state index is 5.96. The highest BCUT2D eigenvalue weighted by Gasteiger charge is 2.24. The Hall–Kier alpha value is -0.870. The van der Waals surface area contributed by atoms with E-state index < -0.39 is 0 Å². The van der Waals surface area contributed by atoms with Crippen LogP contribution in [0.2, 0.25) is 0 Å². The van der Waals surface area contributed by atoms with E-state index in [-0.39, 0.29) is 0 Å². The zero-order valence-electron chi connectivity index (χ0n) is 9.54. The first-order valence-corrected chi connectivity index (χ1v) is 6.24. The number of rotatable bonds is 1. The van der Waals surface area contributed by atoms with Gasteiger partial charge in [0.05, 0.1) is 12.3 Å². The van der Waals surface area contributed by atoms with Crippen molar-refractivity contribution in [3.05, 3.63) is 17.2 Å². The SMILES string of the molecule is NC1CCc2nc(C3CCCOC3)[nH]c2C1. The molecule has 0 amide bonds. The molecule has 1 saturated heterocycles. The zero-order chi connectivity index (χ0) is 11.0. The summed E-state index contributed by atoms with van der Waals surface area (Å²) in [5.74, 6) is 1.59. The van der Waals surface area contributed by atoms with Crippen molar-refractivity contribution in [1.29, 1.82) is 0 Å². The molecular formula is C12H19N3O. The van der Waals surface area contributed by atoms with Gasteiger partial charge in [0.1, 0.15) is 5.82 Å². The van der Waals surface area contributed by atoms with E-state index in [0.717, 1.165) is 44.7 Å². The molecule has 16 heavy (non-hydrogen) atoms. The van der Waals surface area contributed by atoms with Gasteiger partial charge in [0.2, 0.25) is 0 Å². The minimum atomic E-state index is 0.309. The Morgan fingerprint density at radius 1 is 1.38 bits per heavy atom. The van der Waals surface area contributed by atoms with E-state index in [0.29, 0.717) is 12.0 Å². The number of nitrogens with one attached hydrogen (secondary N) is 1. The van der Waals surface area contributed by atoms with Crippen molar-refractivity contribution in [2.45, 2.75) is 44.1 Å². The molecule has 0 aromatic carbocycles. The summed E-state index contributed by atoms with van der Waals surface area (Å²) in [6.07, 6.45) is 5.39. The summed E-state index contributed by atoms with van der Waals surface area (Å²) in [6.45, 7) is 1.72. The minimum absolute atomic E-state index is 0.309. The maximum Gasteiger partial charge on any atom is 0.112 e. The van der Waals surface area contributed by atoms with Crippen molar-refractivity contribution < 1.29 is 4.74 Å². The van der Waals surface area contributed by atoms with Crippen LogP contribution in [0.25, 0.3) is 0 Å². The van der Waals surface area contributed by atoms with Gasteiger partial charge in [0.15, 0.2) is 0 Å². The van der Waals surface area contributed by atoms with Gasteiger partial charge in [-0.2, -0.15) is 0 Å². The second-order valence-electron chi connectivity index (χ2n) is 4.96. The lowest BCUT2D eigenvalue weighted by Gasteiger charge is -2.19. The predicted octanol–water partition coefficient (Wildman–Crippen LogP) is 1.12. The zero-order valence-corrected chi connectivity index (χ0v) is 9.54. The minimum Gasteiger partial charge on any atom is -0.381 e. The number of hydrogen-bond donors (Lipinski definition) is 2. The first-order valence-electron chi connectivity index (χ1n) is 6.24. The number of aromatic amines is 1. The molecule has 4 nitrogen and oxygen atoms in total. The van der Waals surface area contributed by atoms with E-state index >= 15 is 0 Å². The van der Waals surface area contributed by atoms with Gasteiger partial charge in [0, 0.05) is 30.7 Å². The molecule has 2 atom stereocenters. The fraction of sp³-hybridized carbons (Fsp3) is 0.750. The number of ether oxygens (including phenoxy) is 1. The van der Waals surface area contributed by atoms with Crippen molar-refractivity contribution in [3.63, 3.8) is 0 Å². The fourth-order valence-electron chi connectivity index (χ4n) is 2.68. The van der Waals surface area contributed by atoms with Crippen LogP contribution in [0.1, 0.15) is 42.4 Å². The molecular weight excluding hydrogens is 202 g/mol. The van der Waals surface area contributed by atoms with Gasteiger partial charge in [-0.05, 0) is 25.7 Å². The summed E-state index contributed by atoms with van der Waals surface area (Å²) < 4.78 is 5.50. The van der Waals surface area contributed by atoms with E-state index in [9.17, 15) is 0 Å². The molecule has 1 aromatic heterocycles. The molecule has 88 valence electrons. The van der Waals surface area contributed by atoms with E-state index in [4.69, 9.17) is 15.5 Å². The molecule has 2 heterocycles. The molecule has 4 heteroatoms. The molecule has 3 N–H and O–H groups in total. The van der Waals surface area contributed by atoms with Crippen LogP contribution in [0.15, 0.2) is 0 Å². The smallest absolute Gasteiger partial charge is 0.112 e. The van der Waals surface area contributed by atoms with Crippen molar-refractivity contribution in [2.24, 2.45) is 5.73 Å². The number of H-pyrrole nitrogens is 1. The first kappa shape index (κ1) is 10.3. The standard InChI is InChI=1S/C12H19N3O/c13-9-3-4-10-11(6-9)15-12(14-10)8-2-1-5-16-7-8/h8-9H,1-7,13H2,(H,14,15). The molecule has 1 aliphatic carbocycles. The van der Waals surface area contributed by atoms with Crippen LogP contribution in [0.3, 0.4) is 0 Å². The highest BCUT2D eigenvalue weighted by molar-refractivity contribution is 5.21. The molecule has 0 radical (unpaired) electrons. The average Bonchev–Trinajstić information content (AvgIpc) is 2.73. The number of fused-ring (bicyclic) bond motifs is 1. The highest BCUT2D eigenvalue weighted by atomic mass is 16.5. The quantitative estimate of drug-likeness (QED) is 0.747. The maximum atomic E-state index is 5.96. The van der Waals surface area contributed by atoms with Crippen LogP contribution in [-0.4, -0.2) is 29.2 Å². The number of nitrogens with zero attached hydrogens (tertiary/aromatic N) is 1. The molecule has 2 unspecified atom stereocenters. The van der Waals surface area contributed by atoms with Gasteiger partial charge >= 0.3 is 0 Å². The van der Waals surface area contributed by atoms with Gasteiger partial charge in [-0.1, -0.05) is 0 Å². The summed E-state index contributed by atoms with van der Waals surface area (Å²) in [4.78, 5) is 8.18. The van der Waals surface area contributed by atoms with E-state index in [2.05, 4.69) is 4.98 Å². The fourth-order valence-corrected chi connectivity index (χ4v) is 2.68. The normalized spacial score (nSPS) is 30.1. The number of imidazole rings is 1. The summed E-state index contributed by atoms with van der Waals surface area (Å²) in [5, 5.41) is 0. The Morgan fingerprint density at radius 2 is 2.31 bits per heavy atom. The number of nitrogens with two attached hydrogens (primary N) is 1. The van der Waals surface area contributed by atoms with Crippen LogP contribution in [0.5, 0.6) is 0 Å². The van der Waals surface area contributed by atoms with Crippen molar-refractivity contribution >= 4 is 0 Å². The van der Waals surface area contributed by atoms with Crippen molar-refractivity contribution in [2.75, 3.05) is 13.2 Å². The molecule has 3 rings (SSSR count). The van der Waals surface area contributed by atoms with Crippen LogP contribution in [0, 0.1) is 0 Å². The Labute approximate surface area is 95.6 Å². The van der Waals surface area contributed by atoms with E-state index in [1.165, 1.54) is 17.8 Å². The van der Waals surface area contributed by atoms with Gasteiger partial charge < -0.3 is 15.5 Å². The second kappa shape index (κ2) is 4.18. The Bertz CT molecular complexity index is 368. The molecule has 1 fully saturated rings. The van der Waals surface area contributed by atoms with Crippen LogP contribution in [0.4, 0.5) is 0 Å². The molecule has 0 spiro atoms. The third kappa shape index (κ3) is 1.87. The van der Waals surface area contributed by atoms with Crippen LogP contribution < -0.4 is 5.73 Å². The van der Waals surface area contributed by atoms with Gasteiger partial charge in [-0.3, -0.25) is 0 Å². The summed E-state index contributed by atoms with van der Waals surface area (Å²) in [5.41, 5.74) is 8.47. The monoisotopic (exact) mass is 221 g/mol. The summed E-state index contributed by atoms with van der Waals surface area (Å²) in [7, 11) is 0.